The minimum absolute atomic E-state index is 0.0784. The molecule has 0 aliphatic carbocycles. The third kappa shape index (κ3) is 7.29. The molecule has 0 heterocycles. The monoisotopic (exact) mass is 400 g/mol. The molecule has 1 amide bonds. The normalized spacial score (nSPS) is 12.0. The van der Waals surface area contributed by atoms with Crippen LogP contribution in [-0.2, 0) is 11.3 Å². The first-order valence-electron chi connectivity index (χ1n) is 7.86. The van der Waals surface area contributed by atoms with Gasteiger partial charge in [-0.2, -0.15) is 0 Å². The molecule has 0 fully saturated rings. The van der Waals surface area contributed by atoms with Crippen molar-refractivity contribution in [3.05, 3.63) is 34.1 Å². The van der Waals surface area contributed by atoms with E-state index in [4.69, 9.17) is 0 Å². The Balaban J connectivity index is 2.76. The van der Waals surface area contributed by atoms with Crippen molar-refractivity contribution in [3.8, 4) is 0 Å². The number of carbonyl (C=O) groups is 1. The Kier molecular flexibility index (Phi) is 7.66. The minimum atomic E-state index is -0.314. The molecule has 0 aliphatic rings. The maximum absolute atomic E-state index is 13.6. The average Bonchev–Trinajstić information content (AvgIpc) is 2.44. The van der Waals surface area contributed by atoms with Crippen molar-refractivity contribution in [2.24, 2.45) is 4.99 Å². The average molecular weight is 401 g/mol. The molecule has 0 saturated heterocycles. The molecule has 24 heavy (non-hydrogen) atoms. The summed E-state index contributed by atoms with van der Waals surface area (Å²) in [4.78, 5) is 18.3. The molecule has 0 atom stereocenters. The van der Waals surface area contributed by atoms with E-state index in [1.165, 1.54) is 6.07 Å². The Morgan fingerprint density at radius 2 is 2.04 bits per heavy atom. The number of nitrogens with zero attached hydrogens (tertiary/aromatic N) is 2. The second kappa shape index (κ2) is 9.01. The van der Waals surface area contributed by atoms with E-state index in [0.717, 1.165) is 5.56 Å². The molecule has 1 aromatic rings. The van der Waals surface area contributed by atoms with Gasteiger partial charge in [-0.1, -0.05) is 6.07 Å². The fourth-order valence-corrected chi connectivity index (χ4v) is 2.27. The molecule has 0 unspecified atom stereocenters. The second-order valence-electron chi connectivity index (χ2n) is 6.57. The van der Waals surface area contributed by atoms with Crippen LogP contribution in [0.2, 0.25) is 0 Å². The summed E-state index contributed by atoms with van der Waals surface area (Å²) in [6, 6.07) is 4.92. The van der Waals surface area contributed by atoms with Crippen LogP contribution < -0.4 is 10.6 Å². The number of halogens is 2. The van der Waals surface area contributed by atoms with Crippen LogP contribution in [0, 0.1) is 5.82 Å². The highest BCUT2D eigenvalue weighted by Crippen LogP contribution is 2.16. The van der Waals surface area contributed by atoms with Crippen LogP contribution in [0.25, 0.3) is 0 Å². The topological polar surface area (TPSA) is 56.7 Å². The third-order valence-electron chi connectivity index (χ3n) is 2.99. The highest BCUT2D eigenvalue weighted by Gasteiger charge is 2.16. The summed E-state index contributed by atoms with van der Waals surface area (Å²) >= 11 is 3.13. The molecule has 134 valence electrons. The second-order valence-corrected chi connectivity index (χ2v) is 7.43. The summed E-state index contributed by atoms with van der Waals surface area (Å²) < 4.78 is 14.0. The molecular formula is C17H26BrFN4O. The molecule has 5 nitrogen and oxygen atoms in total. The van der Waals surface area contributed by atoms with Gasteiger partial charge in [0.25, 0.3) is 0 Å². The van der Waals surface area contributed by atoms with Crippen molar-refractivity contribution in [1.29, 1.82) is 0 Å². The van der Waals surface area contributed by atoms with Gasteiger partial charge in [0.1, 0.15) is 5.82 Å². The number of rotatable bonds is 5. The van der Waals surface area contributed by atoms with Gasteiger partial charge in [0.05, 0.1) is 17.6 Å². The van der Waals surface area contributed by atoms with E-state index < -0.39 is 0 Å². The molecular weight excluding hydrogens is 375 g/mol. The Bertz CT molecular complexity index is 599. The lowest BCUT2D eigenvalue weighted by atomic mass is 10.1. The van der Waals surface area contributed by atoms with E-state index >= 15 is 0 Å². The summed E-state index contributed by atoms with van der Waals surface area (Å²) in [5, 5.41) is 6.06. The Hall–Kier alpha value is -1.63. The van der Waals surface area contributed by atoms with Crippen molar-refractivity contribution < 1.29 is 9.18 Å². The zero-order chi connectivity index (χ0) is 18.3. The summed E-state index contributed by atoms with van der Waals surface area (Å²) in [5.41, 5.74) is 0.487. The summed E-state index contributed by atoms with van der Waals surface area (Å²) in [7, 11) is 1.80. The van der Waals surface area contributed by atoms with E-state index in [0.29, 0.717) is 23.5 Å². The number of likely N-dealkylation sites (N-methyl/N-ethyl adjacent to an activating group) is 1. The van der Waals surface area contributed by atoms with Gasteiger partial charge in [-0.3, -0.25) is 4.79 Å². The molecule has 0 radical (unpaired) electrons. The smallest absolute Gasteiger partial charge is 0.240 e. The molecule has 1 rings (SSSR count). The molecule has 2 N–H and O–H groups in total. The van der Waals surface area contributed by atoms with E-state index in [9.17, 15) is 9.18 Å². The number of amides is 1. The fourth-order valence-electron chi connectivity index (χ4n) is 2.02. The van der Waals surface area contributed by atoms with Crippen LogP contribution in [0.15, 0.2) is 27.7 Å². The lowest BCUT2D eigenvalue weighted by Gasteiger charge is -2.25. The van der Waals surface area contributed by atoms with Gasteiger partial charge in [0.15, 0.2) is 5.96 Å². The maximum atomic E-state index is 13.6. The number of benzene rings is 1. The molecule has 1 aromatic carbocycles. The zero-order valence-electron chi connectivity index (χ0n) is 14.9. The maximum Gasteiger partial charge on any atom is 0.240 e. The minimum Gasteiger partial charge on any atom is -0.357 e. The van der Waals surface area contributed by atoms with Crippen LogP contribution in [-0.4, -0.2) is 42.4 Å². The quantitative estimate of drug-likeness (QED) is 0.589. The van der Waals surface area contributed by atoms with Crippen LogP contribution in [0.5, 0.6) is 0 Å². The van der Waals surface area contributed by atoms with Crippen molar-refractivity contribution in [2.45, 2.75) is 39.8 Å². The molecule has 7 heteroatoms. The van der Waals surface area contributed by atoms with Crippen LogP contribution in [0.4, 0.5) is 4.39 Å². The van der Waals surface area contributed by atoms with Crippen molar-refractivity contribution in [1.82, 2.24) is 15.5 Å². The van der Waals surface area contributed by atoms with Gasteiger partial charge < -0.3 is 15.5 Å². The number of aliphatic imine (C=N–C) groups is 1. The predicted octanol–water partition coefficient (Wildman–Crippen LogP) is 2.90. The molecule has 0 aliphatic heterocycles. The highest BCUT2D eigenvalue weighted by molar-refractivity contribution is 9.10. The number of nitrogens with one attached hydrogen (secondary N) is 2. The van der Waals surface area contributed by atoms with Crippen LogP contribution >= 0.6 is 15.9 Å². The van der Waals surface area contributed by atoms with E-state index in [-0.39, 0.29) is 23.8 Å². The van der Waals surface area contributed by atoms with Crippen molar-refractivity contribution in [2.75, 3.05) is 20.1 Å². The number of guanidine groups is 1. The molecule has 0 spiro atoms. The summed E-state index contributed by atoms with van der Waals surface area (Å²) in [6.45, 7) is 8.97. The summed E-state index contributed by atoms with van der Waals surface area (Å²) in [6.07, 6.45) is 0. The van der Waals surface area contributed by atoms with E-state index in [2.05, 4.69) is 31.6 Å². The molecule has 0 saturated carbocycles. The first kappa shape index (κ1) is 20.4. The van der Waals surface area contributed by atoms with Gasteiger partial charge in [0.2, 0.25) is 5.91 Å². The largest absolute Gasteiger partial charge is 0.357 e. The predicted molar refractivity (Wildman–Crippen MR) is 99.4 cm³/mol. The van der Waals surface area contributed by atoms with Gasteiger partial charge in [0, 0.05) is 19.1 Å². The van der Waals surface area contributed by atoms with Gasteiger partial charge in [-0.05, 0) is 61.3 Å². The fraction of sp³-hybridized carbons (Fsp3) is 0.529. The number of hydrogen-bond acceptors (Lipinski definition) is 2. The van der Waals surface area contributed by atoms with Crippen LogP contribution in [0.1, 0.15) is 33.3 Å². The first-order valence-corrected chi connectivity index (χ1v) is 8.66. The molecule has 0 bridgehead atoms. The van der Waals surface area contributed by atoms with Crippen molar-refractivity contribution >= 4 is 27.8 Å². The zero-order valence-corrected chi connectivity index (χ0v) is 16.5. The number of carbonyl (C=O) groups excluding carboxylic acids is 1. The SMILES string of the molecule is CCNC(=NCc1ccc(Br)c(F)c1)N(C)CC(=O)NC(C)(C)C. The Morgan fingerprint density at radius 1 is 1.38 bits per heavy atom. The highest BCUT2D eigenvalue weighted by atomic mass is 79.9. The van der Waals surface area contributed by atoms with E-state index in [1.54, 1.807) is 18.0 Å². The standard InChI is InChI=1S/C17H26BrFN4O/c1-6-20-16(23(5)11-15(24)22-17(2,3)4)21-10-12-7-8-13(18)14(19)9-12/h7-9H,6,10-11H2,1-5H3,(H,20,21)(H,22,24). The van der Waals surface area contributed by atoms with Gasteiger partial charge in [-0.25, -0.2) is 9.38 Å². The van der Waals surface area contributed by atoms with Crippen molar-refractivity contribution in [3.63, 3.8) is 0 Å². The van der Waals surface area contributed by atoms with Crippen LogP contribution in [0.3, 0.4) is 0 Å². The summed E-state index contributed by atoms with van der Waals surface area (Å²) in [5.74, 6) is 0.209. The lowest BCUT2D eigenvalue weighted by molar-refractivity contribution is -0.122. The van der Waals surface area contributed by atoms with E-state index in [1.807, 2.05) is 33.8 Å². The van der Waals surface area contributed by atoms with Gasteiger partial charge in [-0.15, -0.1) is 0 Å². The van der Waals surface area contributed by atoms with Gasteiger partial charge >= 0.3 is 0 Å². The Labute approximate surface area is 151 Å². The number of hydrogen-bond donors (Lipinski definition) is 2. The first-order chi connectivity index (χ1) is 11.1. The Morgan fingerprint density at radius 3 is 2.58 bits per heavy atom. The molecule has 0 aromatic heterocycles. The third-order valence-corrected chi connectivity index (χ3v) is 3.63. The lowest BCUT2D eigenvalue weighted by Crippen LogP contribution is -2.48.